The Balaban J connectivity index is 2.19. The van der Waals surface area contributed by atoms with E-state index in [9.17, 15) is 66.7 Å². The van der Waals surface area contributed by atoms with Crippen LogP contribution in [0.3, 0.4) is 0 Å². The number of alkyl halides is 6. The minimum absolute atomic E-state index is 0.382. The largest absolute Gasteiger partial charge is 0.465 e. The van der Waals surface area contributed by atoms with Crippen LogP contribution in [-0.4, -0.2) is 36.0 Å². The normalized spacial score (nSPS) is 11.2. The van der Waals surface area contributed by atoms with Crippen molar-refractivity contribution in [3.63, 3.8) is 0 Å². The number of nitrogens with zero attached hydrogens (tertiary/aromatic N) is 4. The number of carbonyl (C=O) groups excluding carboxylic acids is 2. The number of methoxy groups -OCH3 is 2. The Hall–Kier alpha value is -7.02. The first-order valence-electron chi connectivity index (χ1n) is 13.6. The summed E-state index contributed by atoms with van der Waals surface area (Å²) in [7, 11) is 1.62. The summed E-state index contributed by atoms with van der Waals surface area (Å²) >= 11 is 0. The molecule has 4 aromatic carbocycles. The summed E-state index contributed by atoms with van der Waals surface area (Å²) in [5.74, 6) is -4.18. The Bertz CT molecular complexity index is 2070. The summed E-state index contributed by atoms with van der Waals surface area (Å²) in [5, 5.41) is 43.7. The number of hydrogen-bond acceptors (Lipinski definition) is 11. The van der Waals surface area contributed by atoms with E-state index in [0.717, 1.165) is 26.4 Å². The van der Waals surface area contributed by atoms with Crippen LogP contribution in [0.15, 0.2) is 60.7 Å². The fourth-order valence-electron chi connectivity index (χ4n) is 4.95. The third-order valence-electron chi connectivity index (χ3n) is 7.16. The first-order chi connectivity index (χ1) is 23.9. The van der Waals surface area contributed by atoms with Crippen LogP contribution in [0, 0.1) is 42.9 Å². The van der Waals surface area contributed by atoms with E-state index in [1.165, 1.54) is 12.1 Å². The molecule has 4 aromatic rings. The van der Waals surface area contributed by atoms with E-state index in [1.54, 1.807) is 0 Å². The number of carbonyl (C=O) groups is 2. The van der Waals surface area contributed by atoms with Gasteiger partial charge >= 0.3 is 24.3 Å². The fraction of sp³-hybridized carbons (Fsp3) is 0.125. The lowest BCUT2D eigenvalue weighted by molar-refractivity contribution is -0.385. The Kier molecular flexibility index (Phi) is 9.99. The molecular formula is C32H16F6N4O9. The van der Waals surface area contributed by atoms with Gasteiger partial charge in [-0.05, 0) is 36.4 Å². The van der Waals surface area contributed by atoms with Gasteiger partial charge in [-0.2, -0.15) is 36.9 Å². The Morgan fingerprint density at radius 3 is 1.27 bits per heavy atom. The summed E-state index contributed by atoms with van der Waals surface area (Å²) in [4.78, 5) is 48.0. The van der Waals surface area contributed by atoms with E-state index in [4.69, 9.17) is 4.74 Å². The highest BCUT2D eigenvalue weighted by Crippen LogP contribution is 2.48. The topological polar surface area (TPSA) is 196 Å². The number of esters is 2. The molecule has 0 spiro atoms. The Morgan fingerprint density at radius 1 is 0.647 bits per heavy atom. The van der Waals surface area contributed by atoms with Crippen molar-refractivity contribution in [2.45, 2.75) is 12.4 Å². The van der Waals surface area contributed by atoms with Crippen molar-refractivity contribution < 1.29 is 60.0 Å². The lowest BCUT2D eigenvalue weighted by Crippen LogP contribution is -2.12. The second kappa shape index (κ2) is 13.8. The summed E-state index contributed by atoms with van der Waals surface area (Å²) in [6.45, 7) is 0. The third-order valence-corrected chi connectivity index (χ3v) is 7.16. The molecule has 260 valence electrons. The zero-order valence-corrected chi connectivity index (χ0v) is 25.5. The monoisotopic (exact) mass is 714 g/mol. The van der Waals surface area contributed by atoms with Gasteiger partial charge < -0.3 is 14.2 Å². The van der Waals surface area contributed by atoms with Gasteiger partial charge in [-0.1, -0.05) is 12.1 Å². The molecule has 0 aromatic heterocycles. The standard InChI is InChI=1S/C32H16F6N4O9/c1-49-29(43)27-21(41(45)46)7-9-23(25(27)19-5-3-17(31(33,34)35)11-15(19)13-39)51-24-10-8-22(42(47)48)28(30(44)50-2)26(24)20-6-4-18(32(36,37)38)12-16(20)14-40/h3-12H,1-2H3. The zero-order chi connectivity index (χ0) is 38.0. The Morgan fingerprint density at radius 2 is 1.00 bits per heavy atom. The SMILES string of the molecule is COC(=O)c1c([N+](=O)[O-])ccc(Oc2ccc([N+](=O)[O-])c(C(=O)OC)c2-c2ccc(C(F)(F)F)cc2C#N)c1-c1ccc(C(F)(F)F)cc1C#N. The molecular weight excluding hydrogens is 698 g/mol. The summed E-state index contributed by atoms with van der Waals surface area (Å²) in [5.41, 5.74) is -10.4. The molecule has 0 heterocycles. The quantitative estimate of drug-likeness (QED) is 0.0742. The van der Waals surface area contributed by atoms with Crippen LogP contribution >= 0.6 is 0 Å². The first-order valence-corrected chi connectivity index (χ1v) is 13.6. The molecule has 19 heteroatoms. The van der Waals surface area contributed by atoms with E-state index in [2.05, 4.69) is 9.47 Å². The molecule has 0 fully saturated rings. The number of nitriles is 2. The zero-order valence-electron chi connectivity index (χ0n) is 25.5. The molecule has 0 saturated heterocycles. The second-order valence-electron chi connectivity index (χ2n) is 10.0. The molecule has 0 saturated carbocycles. The third kappa shape index (κ3) is 7.08. The number of nitro benzene ring substituents is 2. The van der Waals surface area contributed by atoms with Crippen molar-refractivity contribution in [3.05, 3.63) is 114 Å². The molecule has 0 radical (unpaired) electrons. The number of nitro groups is 2. The number of benzene rings is 4. The van der Waals surface area contributed by atoms with Gasteiger partial charge in [0.2, 0.25) is 0 Å². The molecule has 0 aliphatic heterocycles. The van der Waals surface area contributed by atoms with E-state index < -0.39 is 113 Å². The first kappa shape index (κ1) is 36.8. The summed E-state index contributed by atoms with van der Waals surface area (Å²) < 4.78 is 96.6. The molecule has 0 aliphatic rings. The maximum Gasteiger partial charge on any atom is 0.416 e. The highest BCUT2D eigenvalue weighted by atomic mass is 19.4. The van der Waals surface area contributed by atoms with Gasteiger partial charge in [0.25, 0.3) is 11.4 Å². The van der Waals surface area contributed by atoms with Gasteiger partial charge in [-0.3, -0.25) is 20.2 Å². The molecule has 51 heavy (non-hydrogen) atoms. The van der Waals surface area contributed by atoms with Gasteiger partial charge in [0.15, 0.2) is 0 Å². The summed E-state index contributed by atoms with van der Waals surface area (Å²) in [6, 6.07) is 9.28. The van der Waals surface area contributed by atoms with Crippen molar-refractivity contribution in [2.24, 2.45) is 0 Å². The highest BCUT2D eigenvalue weighted by molar-refractivity contribution is 6.05. The van der Waals surface area contributed by atoms with E-state index in [-0.39, 0.29) is 0 Å². The summed E-state index contributed by atoms with van der Waals surface area (Å²) in [6.07, 6.45) is -9.93. The van der Waals surface area contributed by atoms with Gasteiger partial charge in [-0.25, -0.2) is 9.59 Å². The van der Waals surface area contributed by atoms with E-state index in [0.29, 0.717) is 48.5 Å². The predicted molar refractivity (Wildman–Crippen MR) is 159 cm³/mol. The molecule has 13 nitrogen and oxygen atoms in total. The van der Waals surface area contributed by atoms with Crippen molar-refractivity contribution in [1.29, 1.82) is 10.5 Å². The molecule has 0 unspecified atom stereocenters. The fourth-order valence-corrected chi connectivity index (χ4v) is 4.95. The minimum Gasteiger partial charge on any atom is -0.465 e. The highest BCUT2D eigenvalue weighted by Gasteiger charge is 2.37. The molecule has 4 rings (SSSR count). The van der Waals surface area contributed by atoms with Crippen molar-refractivity contribution >= 4 is 23.3 Å². The van der Waals surface area contributed by atoms with Crippen LogP contribution in [0.5, 0.6) is 11.5 Å². The van der Waals surface area contributed by atoms with Gasteiger partial charge in [-0.15, -0.1) is 0 Å². The number of ether oxygens (including phenoxy) is 3. The smallest absolute Gasteiger partial charge is 0.416 e. The minimum atomic E-state index is -4.96. The van der Waals surface area contributed by atoms with Crippen LogP contribution in [0.4, 0.5) is 37.7 Å². The van der Waals surface area contributed by atoms with Crippen LogP contribution in [0.1, 0.15) is 43.0 Å². The van der Waals surface area contributed by atoms with Crippen LogP contribution in [0.2, 0.25) is 0 Å². The van der Waals surface area contributed by atoms with Gasteiger partial charge in [0, 0.05) is 34.4 Å². The predicted octanol–water partition coefficient (Wildman–Crippen LogP) is 7.98. The van der Waals surface area contributed by atoms with Crippen molar-refractivity contribution in [2.75, 3.05) is 14.2 Å². The number of halogens is 6. The molecule has 0 bridgehead atoms. The van der Waals surface area contributed by atoms with Gasteiger partial charge in [0.1, 0.15) is 22.6 Å². The van der Waals surface area contributed by atoms with Crippen LogP contribution in [-0.2, 0) is 21.8 Å². The maximum atomic E-state index is 13.5. The molecule has 0 atom stereocenters. The number of rotatable bonds is 8. The van der Waals surface area contributed by atoms with E-state index >= 15 is 0 Å². The molecule has 0 N–H and O–H groups in total. The Labute approximate surface area is 280 Å². The second-order valence-corrected chi connectivity index (χ2v) is 10.0. The average Bonchev–Trinajstić information content (AvgIpc) is 3.08. The van der Waals surface area contributed by atoms with Gasteiger partial charge in [0.05, 0.1) is 58.5 Å². The maximum absolute atomic E-state index is 13.5. The van der Waals surface area contributed by atoms with Crippen molar-refractivity contribution in [1.82, 2.24) is 0 Å². The number of hydrogen-bond donors (Lipinski definition) is 0. The average molecular weight is 714 g/mol. The lowest BCUT2D eigenvalue weighted by Gasteiger charge is -2.20. The van der Waals surface area contributed by atoms with E-state index in [1.807, 2.05) is 0 Å². The van der Waals surface area contributed by atoms with Crippen molar-refractivity contribution in [3.8, 4) is 45.9 Å². The molecule has 0 amide bonds. The lowest BCUT2D eigenvalue weighted by atomic mass is 9.91. The van der Waals surface area contributed by atoms with Crippen LogP contribution in [0.25, 0.3) is 22.3 Å². The molecule has 0 aliphatic carbocycles. The van der Waals surface area contributed by atoms with Crippen LogP contribution < -0.4 is 4.74 Å².